The molecule has 4 aromatic rings. The first-order valence-electron chi connectivity index (χ1n) is 8.31. The molecule has 136 valence electrons. The molecule has 2 heterocycles. The molecule has 0 aliphatic carbocycles. The van der Waals surface area contributed by atoms with E-state index in [9.17, 15) is 13.2 Å². The number of rotatable bonds is 4. The van der Waals surface area contributed by atoms with Crippen molar-refractivity contribution in [1.29, 1.82) is 0 Å². The maximum absolute atomic E-state index is 13.1. The first kappa shape index (κ1) is 17.1. The van der Waals surface area contributed by atoms with Gasteiger partial charge in [-0.15, -0.1) is 0 Å². The largest absolute Gasteiger partial charge is 0.416 e. The van der Waals surface area contributed by atoms with Crippen LogP contribution in [-0.2, 0) is 12.7 Å². The minimum Gasteiger partial charge on any atom is -0.353 e. The Hall–Kier alpha value is -3.35. The molecular formula is C20H15F3N4. The SMILES string of the molecule is FC(F)(F)c1ccccc1CNc1nccc(-c2cc3ccccc3[nH]2)n1. The number of hydrogen-bond acceptors (Lipinski definition) is 3. The van der Waals surface area contributed by atoms with Gasteiger partial charge in [-0.3, -0.25) is 0 Å². The van der Waals surface area contributed by atoms with Gasteiger partial charge in [0.05, 0.1) is 17.0 Å². The van der Waals surface area contributed by atoms with Gasteiger partial charge in [-0.25, -0.2) is 9.97 Å². The van der Waals surface area contributed by atoms with E-state index in [0.29, 0.717) is 5.69 Å². The molecule has 27 heavy (non-hydrogen) atoms. The fourth-order valence-corrected chi connectivity index (χ4v) is 2.93. The summed E-state index contributed by atoms with van der Waals surface area (Å²) in [7, 11) is 0. The summed E-state index contributed by atoms with van der Waals surface area (Å²) in [5.74, 6) is 0.267. The fraction of sp³-hybridized carbons (Fsp3) is 0.100. The molecule has 0 aliphatic heterocycles. The van der Waals surface area contributed by atoms with Crippen LogP contribution in [0.2, 0.25) is 0 Å². The van der Waals surface area contributed by atoms with Gasteiger partial charge in [0, 0.05) is 23.6 Å². The molecule has 2 aromatic heterocycles. The van der Waals surface area contributed by atoms with Crippen LogP contribution >= 0.6 is 0 Å². The lowest BCUT2D eigenvalue weighted by Gasteiger charge is -2.13. The van der Waals surface area contributed by atoms with Gasteiger partial charge in [0.15, 0.2) is 0 Å². The number of aromatic amines is 1. The lowest BCUT2D eigenvalue weighted by atomic mass is 10.1. The highest BCUT2D eigenvalue weighted by Crippen LogP contribution is 2.32. The second-order valence-corrected chi connectivity index (χ2v) is 6.04. The van der Waals surface area contributed by atoms with Crippen molar-refractivity contribution in [2.45, 2.75) is 12.7 Å². The number of halogens is 3. The van der Waals surface area contributed by atoms with Crippen LogP contribution in [0.25, 0.3) is 22.3 Å². The van der Waals surface area contributed by atoms with E-state index in [1.807, 2.05) is 30.3 Å². The highest BCUT2D eigenvalue weighted by molar-refractivity contribution is 5.85. The molecule has 0 saturated carbocycles. The second kappa shape index (κ2) is 6.75. The van der Waals surface area contributed by atoms with Crippen LogP contribution < -0.4 is 5.32 Å². The predicted octanol–water partition coefficient (Wildman–Crippen LogP) is 5.26. The van der Waals surface area contributed by atoms with Crippen molar-refractivity contribution in [2.75, 3.05) is 5.32 Å². The van der Waals surface area contributed by atoms with Gasteiger partial charge in [0.2, 0.25) is 5.95 Å². The zero-order chi connectivity index (χ0) is 18.9. The Bertz CT molecular complexity index is 1050. The van der Waals surface area contributed by atoms with E-state index in [0.717, 1.165) is 22.7 Å². The number of nitrogens with zero attached hydrogens (tertiary/aromatic N) is 2. The Balaban J connectivity index is 1.57. The van der Waals surface area contributed by atoms with Crippen LogP contribution in [-0.4, -0.2) is 15.0 Å². The summed E-state index contributed by atoms with van der Waals surface area (Å²) in [6, 6.07) is 17.0. The molecule has 0 unspecified atom stereocenters. The van der Waals surface area contributed by atoms with Gasteiger partial charge in [0.1, 0.15) is 0 Å². The number of benzene rings is 2. The standard InChI is InChI=1S/C20H15F3N4/c21-20(22,23)15-7-3-1-6-14(15)12-25-19-24-10-9-17(27-19)18-11-13-5-2-4-8-16(13)26-18/h1-11,26H,12H2,(H,24,25,27). The summed E-state index contributed by atoms with van der Waals surface area (Å²) in [6.07, 6.45) is -2.82. The quantitative estimate of drug-likeness (QED) is 0.517. The zero-order valence-electron chi connectivity index (χ0n) is 14.1. The van der Waals surface area contributed by atoms with Crippen molar-refractivity contribution < 1.29 is 13.2 Å². The Morgan fingerprint density at radius 1 is 0.963 bits per heavy atom. The molecule has 0 aliphatic rings. The molecule has 4 rings (SSSR count). The van der Waals surface area contributed by atoms with Crippen molar-refractivity contribution in [3.05, 3.63) is 78.0 Å². The van der Waals surface area contributed by atoms with Crippen LogP contribution in [0.4, 0.5) is 19.1 Å². The topological polar surface area (TPSA) is 53.6 Å². The highest BCUT2D eigenvalue weighted by atomic mass is 19.4. The summed E-state index contributed by atoms with van der Waals surface area (Å²) in [5.41, 5.74) is 1.94. The second-order valence-electron chi connectivity index (χ2n) is 6.04. The van der Waals surface area contributed by atoms with E-state index in [2.05, 4.69) is 20.3 Å². The van der Waals surface area contributed by atoms with E-state index < -0.39 is 11.7 Å². The van der Waals surface area contributed by atoms with E-state index in [1.54, 1.807) is 18.3 Å². The molecule has 2 aromatic carbocycles. The molecule has 0 saturated heterocycles. The van der Waals surface area contributed by atoms with Crippen molar-refractivity contribution in [1.82, 2.24) is 15.0 Å². The summed E-state index contributed by atoms with van der Waals surface area (Å²) >= 11 is 0. The van der Waals surface area contributed by atoms with Crippen molar-refractivity contribution in [2.24, 2.45) is 0 Å². The molecule has 0 bridgehead atoms. The molecule has 2 N–H and O–H groups in total. The number of H-pyrrole nitrogens is 1. The monoisotopic (exact) mass is 368 g/mol. The van der Waals surface area contributed by atoms with E-state index in [4.69, 9.17) is 0 Å². The van der Waals surface area contributed by atoms with E-state index in [1.165, 1.54) is 12.1 Å². The molecule has 0 spiro atoms. The summed E-state index contributed by atoms with van der Waals surface area (Å²) in [4.78, 5) is 11.8. The Morgan fingerprint density at radius 3 is 2.56 bits per heavy atom. The number of hydrogen-bond donors (Lipinski definition) is 2. The molecule has 0 radical (unpaired) electrons. The van der Waals surface area contributed by atoms with Gasteiger partial charge >= 0.3 is 6.18 Å². The summed E-state index contributed by atoms with van der Waals surface area (Å²) in [5, 5.41) is 3.94. The molecule has 0 fully saturated rings. The molecule has 0 atom stereocenters. The lowest BCUT2D eigenvalue weighted by molar-refractivity contribution is -0.138. The zero-order valence-corrected chi connectivity index (χ0v) is 14.1. The minimum absolute atomic E-state index is 0.0220. The van der Waals surface area contributed by atoms with Gasteiger partial charge < -0.3 is 10.3 Å². The number of fused-ring (bicyclic) bond motifs is 1. The van der Waals surface area contributed by atoms with Crippen molar-refractivity contribution in [3.8, 4) is 11.4 Å². The average Bonchev–Trinajstić information content (AvgIpc) is 3.10. The number of aromatic nitrogens is 3. The predicted molar refractivity (Wildman–Crippen MR) is 98.1 cm³/mol. The summed E-state index contributed by atoms with van der Waals surface area (Å²) in [6.45, 7) is -0.0220. The number of alkyl halides is 3. The first-order chi connectivity index (χ1) is 13.0. The number of para-hydroxylation sites is 1. The van der Waals surface area contributed by atoms with Gasteiger partial charge in [-0.2, -0.15) is 13.2 Å². The normalized spacial score (nSPS) is 11.7. The van der Waals surface area contributed by atoms with E-state index in [-0.39, 0.29) is 18.1 Å². The van der Waals surface area contributed by atoms with Crippen LogP contribution in [0.3, 0.4) is 0 Å². The fourth-order valence-electron chi connectivity index (χ4n) is 2.93. The third-order valence-electron chi connectivity index (χ3n) is 4.22. The van der Waals surface area contributed by atoms with E-state index >= 15 is 0 Å². The maximum Gasteiger partial charge on any atom is 0.416 e. The van der Waals surface area contributed by atoms with Crippen molar-refractivity contribution in [3.63, 3.8) is 0 Å². The Morgan fingerprint density at radius 2 is 1.74 bits per heavy atom. The maximum atomic E-state index is 13.1. The van der Waals surface area contributed by atoms with Gasteiger partial charge in [-0.1, -0.05) is 36.4 Å². The first-order valence-corrected chi connectivity index (χ1v) is 8.31. The van der Waals surface area contributed by atoms with Crippen LogP contribution in [0, 0.1) is 0 Å². The molecule has 7 heteroatoms. The Labute approximate surface area is 153 Å². The van der Waals surface area contributed by atoms with Gasteiger partial charge in [-0.05, 0) is 29.8 Å². The Kier molecular flexibility index (Phi) is 4.27. The highest BCUT2D eigenvalue weighted by Gasteiger charge is 2.32. The van der Waals surface area contributed by atoms with Crippen LogP contribution in [0.5, 0.6) is 0 Å². The smallest absolute Gasteiger partial charge is 0.353 e. The third kappa shape index (κ3) is 3.62. The third-order valence-corrected chi connectivity index (χ3v) is 4.22. The average molecular weight is 368 g/mol. The molecule has 4 nitrogen and oxygen atoms in total. The molecular weight excluding hydrogens is 353 g/mol. The van der Waals surface area contributed by atoms with Crippen LogP contribution in [0.15, 0.2) is 66.9 Å². The molecule has 0 amide bonds. The van der Waals surface area contributed by atoms with Crippen molar-refractivity contribution >= 4 is 16.9 Å². The van der Waals surface area contributed by atoms with Gasteiger partial charge in [0.25, 0.3) is 0 Å². The number of nitrogens with one attached hydrogen (secondary N) is 2. The summed E-state index contributed by atoms with van der Waals surface area (Å²) < 4.78 is 39.3. The van der Waals surface area contributed by atoms with Crippen LogP contribution in [0.1, 0.15) is 11.1 Å². The number of anilines is 1. The lowest BCUT2D eigenvalue weighted by Crippen LogP contribution is -2.12. The minimum atomic E-state index is -4.40.